The van der Waals surface area contributed by atoms with Gasteiger partial charge in [-0.25, -0.2) is 0 Å². The molecule has 0 spiro atoms. The zero-order valence-corrected chi connectivity index (χ0v) is 10.7. The first-order valence-corrected chi connectivity index (χ1v) is 6.72. The topological polar surface area (TPSA) is 132 Å². The number of hydrogen-bond donors (Lipinski definition) is 3. The van der Waals surface area contributed by atoms with Crippen molar-refractivity contribution in [3.05, 3.63) is 46.9 Å². The molecule has 0 amide bonds. The van der Waals surface area contributed by atoms with E-state index in [-0.39, 0.29) is 11.4 Å². The van der Waals surface area contributed by atoms with E-state index in [4.69, 9.17) is 4.55 Å². The van der Waals surface area contributed by atoms with E-state index in [1.807, 2.05) is 0 Å². The molecule has 0 bridgehead atoms. The molecule has 0 aliphatic carbocycles. The summed E-state index contributed by atoms with van der Waals surface area (Å²) in [7, 11) is -4.44. The molecule has 1 heterocycles. The Morgan fingerprint density at radius 3 is 2.40 bits per heavy atom. The lowest BCUT2D eigenvalue weighted by Gasteiger charge is -2.00. The fourth-order valence-electron chi connectivity index (χ4n) is 1.41. The molecular formula is C11H9N3O5S. The van der Waals surface area contributed by atoms with E-state index in [2.05, 4.69) is 15.2 Å². The predicted octanol–water partition coefficient (Wildman–Crippen LogP) is 1.74. The molecule has 2 rings (SSSR count). The number of hydrogen-bond acceptors (Lipinski definition) is 6. The molecule has 9 heteroatoms. The highest BCUT2D eigenvalue weighted by molar-refractivity contribution is 7.86. The van der Waals surface area contributed by atoms with Crippen LogP contribution in [0.15, 0.2) is 56.4 Å². The quantitative estimate of drug-likeness (QED) is 0.586. The first kappa shape index (κ1) is 13.9. The molecule has 0 saturated heterocycles. The van der Waals surface area contributed by atoms with Crippen LogP contribution in [0, 0.1) is 0 Å². The number of nitrogens with one attached hydrogen (secondary N) is 1. The molecule has 0 atom stereocenters. The maximum absolute atomic E-state index is 11.1. The number of H-pyrrole nitrogens is 1. The summed E-state index contributed by atoms with van der Waals surface area (Å²) in [6, 6.07) is 6.67. The highest BCUT2D eigenvalue weighted by Gasteiger charge is 2.14. The Balaban J connectivity index is 2.48. The molecule has 2 aromatic rings. The standard InChI is InChI=1S/C11H9N3O5S/c15-10-8(5-6-12-11(10)16)14-13-7-3-1-2-4-9(7)20(17,18)19/h1-6,15H,(H,12,16)(H,17,18,19). The van der Waals surface area contributed by atoms with Crippen molar-refractivity contribution in [3.8, 4) is 5.75 Å². The summed E-state index contributed by atoms with van der Waals surface area (Å²) in [5.74, 6) is -0.638. The van der Waals surface area contributed by atoms with Crippen molar-refractivity contribution in [1.82, 2.24) is 4.98 Å². The molecule has 0 fully saturated rings. The molecule has 0 unspecified atom stereocenters. The van der Waals surface area contributed by atoms with Crippen molar-refractivity contribution in [1.29, 1.82) is 0 Å². The van der Waals surface area contributed by atoms with Crippen LogP contribution in [0.3, 0.4) is 0 Å². The monoisotopic (exact) mass is 295 g/mol. The molecule has 3 N–H and O–H groups in total. The molecular weight excluding hydrogens is 286 g/mol. The fraction of sp³-hybridized carbons (Fsp3) is 0. The van der Waals surface area contributed by atoms with Gasteiger partial charge in [-0.1, -0.05) is 12.1 Å². The SMILES string of the molecule is O=c1[nH]ccc(N=Nc2ccccc2S(=O)(=O)O)c1O. The van der Waals surface area contributed by atoms with Crippen molar-refractivity contribution < 1.29 is 18.1 Å². The number of aromatic nitrogens is 1. The van der Waals surface area contributed by atoms with E-state index >= 15 is 0 Å². The second-order valence-electron chi connectivity index (χ2n) is 3.68. The number of azo groups is 1. The minimum atomic E-state index is -4.44. The van der Waals surface area contributed by atoms with Gasteiger partial charge >= 0.3 is 0 Å². The van der Waals surface area contributed by atoms with Crippen molar-refractivity contribution in [2.24, 2.45) is 10.2 Å². The van der Waals surface area contributed by atoms with E-state index in [0.29, 0.717) is 0 Å². The fourth-order valence-corrected chi connectivity index (χ4v) is 2.03. The first-order valence-electron chi connectivity index (χ1n) is 5.28. The predicted molar refractivity (Wildman–Crippen MR) is 69.2 cm³/mol. The van der Waals surface area contributed by atoms with Crippen LogP contribution in [-0.2, 0) is 10.1 Å². The van der Waals surface area contributed by atoms with Crippen LogP contribution in [0.4, 0.5) is 11.4 Å². The molecule has 20 heavy (non-hydrogen) atoms. The summed E-state index contributed by atoms with van der Waals surface area (Å²) in [6.07, 6.45) is 1.26. The third kappa shape index (κ3) is 2.90. The van der Waals surface area contributed by atoms with Crippen molar-refractivity contribution in [3.63, 3.8) is 0 Å². The minimum absolute atomic E-state index is 0.116. The van der Waals surface area contributed by atoms with Gasteiger partial charge in [-0.15, -0.1) is 10.2 Å². The first-order chi connectivity index (χ1) is 9.39. The Morgan fingerprint density at radius 2 is 1.70 bits per heavy atom. The maximum atomic E-state index is 11.1. The molecule has 104 valence electrons. The Labute approximate surface area is 113 Å². The largest absolute Gasteiger partial charge is 0.501 e. The lowest BCUT2D eigenvalue weighted by atomic mass is 10.3. The molecule has 8 nitrogen and oxygen atoms in total. The van der Waals surface area contributed by atoms with Gasteiger partial charge in [-0.2, -0.15) is 8.42 Å². The third-order valence-corrected chi connectivity index (χ3v) is 3.22. The second kappa shape index (κ2) is 5.23. The Hall–Kier alpha value is -2.52. The summed E-state index contributed by atoms with van der Waals surface area (Å²) >= 11 is 0. The normalized spacial score (nSPS) is 11.8. The van der Waals surface area contributed by atoms with E-state index in [1.165, 1.54) is 30.5 Å². The van der Waals surface area contributed by atoms with E-state index in [0.717, 1.165) is 6.07 Å². The summed E-state index contributed by atoms with van der Waals surface area (Å²) in [5.41, 5.74) is -0.988. The lowest BCUT2D eigenvalue weighted by molar-refractivity contribution is 0.468. The molecule has 1 aromatic carbocycles. The van der Waals surface area contributed by atoms with Gasteiger partial charge in [0.2, 0.25) is 5.75 Å². The highest BCUT2D eigenvalue weighted by atomic mass is 32.2. The van der Waals surface area contributed by atoms with Crippen LogP contribution in [0.25, 0.3) is 0 Å². The zero-order chi connectivity index (χ0) is 14.8. The number of aromatic amines is 1. The van der Waals surface area contributed by atoms with Crippen LogP contribution in [0.1, 0.15) is 0 Å². The van der Waals surface area contributed by atoms with E-state index < -0.39 is 26.3 Å². The number of pyridine rings is 1. The number of nitrogens with zero attached hydrogens (tertiary/aromatic N) is 2. The van der Waals surface area contributed by atoms with Gasteiger partial charge in [0.15, 0.2) is 0 Å². The van der Waals surface area contributed by atoms with Crippen LogP contribution in [-0.4, -0.2) is 23.1 Å². The number of benzene rings is 1. The van der Waals surface area contributed by atoms with Gasteiger partial charge in [-0.3, -0.25) is 9.35 Å². The zero-order valence-electron chi connectivity index (χ0n) is 9.89. The Morgan fingerprint density at radius 1 is 1.05 bits per heavy atom. The van der Waals surface area contributed by atoms with E-state index in [9.17, 15) is 18.3 Å². The van der Waals surface area contributed by atoms with Crippen LogP contribution in [0.5, 0.6) is 5.75 Å². The van der Waals surface area contributed by atoms with Crippen LogP contribution >= 0.6 is 0 Å². The Bertz CT molecular complexity index is 826. The Kier molecular flexibility index (Phi) is 3.63. The van der Waals surface area contributed by atoms with Gasteiger partial charge < -0.3 is 10.1 Å². The molecule has 0 radical (unpaired) electrons. The summed E-state index contributed by atoms with van der Waals surface area (Å²) < 4.78 is 31.3. The minimum Gasteiger partial charge on any atom is -0.501 e. The summed E-state index contributed by atoms with van der Waals surface area (Å²) in [4.78, 5) is 12.9. The van der Waals surface area contributed by atoms with Gasteiger partial charge in [0.1, 0.15) is 16.3 Å². The molecule has 1 aromatic heterocycles. The molecule has 0 aliphatic rings. The third-order valence-electron chi connectivity index (χ3n) is 2.32. The summed E-state index contributed by atoms with van der Waals surface area (Å²) in [6.45, 7) is 0. The van der Waals surface area contributed by atoms with Crippen LogP contribution < -0.4 is 5.56 Å². The second-order valence-corrected chi connectivity index (χ2v) is 5.07. The smallest absolute Gasteiger partial charge is 0.296 e. The number of aromatic hydroxyl groups is 1. The van der Waals surface area contributed by atoms with Gasteiger partial charge in [0.05, 0.1) is 0 Å². The van der Waals surface area contributed by atoms with Gasteiger partial charge in [0, 0.05) is 6.20 Å². The molecule has 0 saturated carbocycles. The van der Waals surface area contributed by atoms with Crippen molar-refractivity contribution in [2.45, 2.75) is 4.90 Å². The number of rotatable bonds is 3. The summed E-state index contributed by atoms with van der Waals surface area (Å²) in [5, 5.41) is 16.6. The van der Waals surface area contributed by atoms with Gasteiger partial charge in [-0.05, 0) is 18.2 Å². The van der Waals surface area contributed by atoms with Crippen LogP contribution in [0.2, 0.25) is 0 Å². The average molecular weight is 295 g/mol. The van der Waals surface area contributed by atoms with E-state index in [1.54, 1.807) is 0 Å². The highest BCUT2D eigenvalue weighted by Crippen LogP contribution is 2.27. The van der Waals surface area contributed by atoms with Gasteiger partial charge in [0.25, 0.3) is 15.7 Å². The average Bonchev–Trinajstić information content (AvgIpc) is 2.40. The lowest BCUT2D eigenvalue weighted by Crippen LogP contribution is -2.02. The maximum Gasteiger partial charge on any atom is 0.296 e. The molecule has 0 aliphatic heterocycles. The van der Waals surface area contributed by atoms with Crippen molar-refractivity contribution in [2.75, 3.05) is 0 Å². The van der Waals surface area contributed by atoms with Crippen molar-refractivity contribution >= 4 is 21.5 Å².